The van der Waals surface area contributed by atoms with Crippen molar-refractivity contribution in [2.45, 2.75) is 13.5 Å². The minimum Gasteiger partial charge on any atom is -0.494 e. The van der Waals surface area contributed by atoms with E-state index in [-0.39, 0.29) is 0 Å². The summed E-state index contributed by atoms with van der Waals surface area (Å²) in [6, 6.07) is 11.7. The van der Waals surface area contributed by atoms with Gasteiger partial charge >= 0.3 is 0 Å². The molecule has 25 heavy (non-hydrogen) atoms. The minimum absolute atomic E-state index is 0.614. The highest BCUT2D eigenvalue weighted by Crippen LogP contribution is 2.30. The first-order valence-corrected chi connectivity index (χ1v) is 9.20. The maximum atomic E-state index is 6.48. The molecule has 0 radical (unpaired) electrons. The topological polar surface area (TPSA) is 33.7 Å². The number of anilines is 2. The normalized spacial score (nSPS) is 14.4. The Morgan fingerprint density at radius 2 is 1.92 bits per heavy atom. The van der Waals surface area contributed by atoms with Crippen LogP contribution in [0, 0.1) is 0 Å². The molecule has 1 aliphatic heterocycles. The van der Waals surface area contributed by atoms with Crippen LogP contribution in [0.25, 0.3) is 0 Å². The molecule has 0 aliphatic carbocycles. The summed E-state index contributed by atoms with van der Waals surface area (Å²) in [5, 5.41) is 4.83. The summed E-state index contributed by atoms with van der Waals surface area (Å²) in [5.41, 5.74) is 3.03. The van der Waals surface area contributed by atoms with Gasteiger partial charge in [-0.2, -0.15) is 0 Å². The zero-order chi connectivity index (χ0) is 17.6. The molecule has 1 N–H and O–H groups in total. The summed E-state index contributed by atoms with van der Waals surface area (Å²) in [6.07, 6.45) is 0. The van der Waals surface area contributed by atoms with E-state index in [0.29, 0.717) is 18.2 Å². The van der Waals surface area contributed by atoms with Crippen LogP contribution in [0.4, 0.5) is 11.4 Å². The second-order valence-electron chi connectivity index (χ2n) is 5.80. The van der Waals surface area contributed by atoms with E-state index in [4.69, 9.17) is 32.7 Å². The van der Waals surface area contributed by atoms with Gasteiger partial charge in [0.1, 0.15) is 5.75 Å². The summed E-state index contributed by atoms with van der Waals surface area (Å²) < 4.78 is 11.1. The molecule has 1 fully saturated rings. The van der Waals surface area contributed by atoms with Crippen LogP contribution >= 0.6 is 23.2 Å². The number of nitrogens with one attached hydrogen (secondary N) is 1. The highest BCUT2D eigenvalue weighted by molar-refractivity contribution is 6.33. The summed E-state index contributed by atoms with van der Waals surface area (Å²) in [6.45, 7) is 6.42. The Morgan fingerprint density at radius 1 is 1.12 bits per heavy atom. The molecule has 0 aromatic heterocycles. The van der Waals surface area contributed by atoms with Crippen molar-refractivity contribution >= 4 is 34.6 Å². The zero-order valence-electron chi connectivity index (χ0n) is 14.2. The van der Waals surface area contributed by atoms with E-state index < -0.39 is 0 Å². The van der Waals surface area contributed by atoms with Crippen molar-refractivity contribution in [2.75, 3.05) is 43.1 Å². The maximum absolute atomic E-state index is 6.48. The molecule has 0 atom stereocenters. The molecule has 0 spiro atoms. The predicted molar refractivity (Wildman–Crippen MR) is 104 cm³/mol. The van der Waals surface area contributed by atoms with Crippen LogP contribution in [0.5, 0.6) is 5.75 Å². The molecule has 1 saturated heterocycles. The van der Waals surface area contributed by atoms with Crippen LogP contribution in [-0.4, -0.2) is 32.9 Å². The highest BCUT2D eigenvalue weighted by atomic mass is 35.5. The first-order valence-electron chi connectivity index (χ1n) is 8.44. The predicted octanol–water partition coefficient (Wildman–Crippen LogP) is 4.84. The van der Waals surface area contributed by atoms with Gasteiger partial charge in [0, 0.05) is 35.9 Å². The molecular weight excluding hydrogens is 359 g/mol. The summed E-state index contributed by atoms with van der Waals surface area (Å²) in [7, 11) is 0. The molecule has 4 nitrogen and oxygen atoms in total. The van der Waals surface area contributed by atoms with Gasteiger partial charge in [-0.05, 0) is 43.3 Å². The van der Waals surface area contributed by atoms with Crippen molar-refractivity contribution in [3.05, 3.63) is 52.0 Å². The van der Waals surface area contributed by atoms with Gasteiger partial charge < -0.3 is 19.7 Å². The van der Waals surface area contributed by atoms with Gasteiger partial charge in [-0.15, -0.1) is 0 Å². The third kappa shape index (κ3) is 4.72. The summed E-state index contributed by atoms with van der Waals surface area (Å²) in [5.74, 6) is 0.843. The van der Waals surface area contributed by atoms with Crippen molar-refractivity contribution in [1.82, 2.24) is 0 Å². The molecule has 0 amide bonds. The first kappa shape index (κ1) is 18.2. The second-order valence-corrected chi connectivity index (χ2v) is 6.65. The van der Waals surface area contributed by atoms with E-state index in [9.17, 15) is 0 Å². The molecule has 2 aromatic rings. The van der Waals surface area contributed by atoms with Crippen LogP contribution in [0.15, 0.2) is 36.4 Å². The van der Waals surface area contributed by atoms with Crippen molar-refractivity contribution in [3.8, 4) is 5.75 Å². The van der Waals surface area contributed by atoms with E-state index in [1.807, 2.05) is 37.3 Å². The Bertz CT molecular complexity index is 719. The van der Waals surface area contributed by atoms with Crippen molar-refractivity contribution in [2.24, 2.45) is 0 Å². The Balaban J connectivity index is 1.69. The van der Waals surface area contributed by atoms with Crippen LogP contribution in [-0.2, 0) is 11.3 Å². The molecular formula is C19H22Cl2N2O2. The molecule has 0 saturated carbocycles. The second kappa shape index (κ2) is 8.65. The molecule has 3 rings (SSSR count). The average Bonchev–Trinajstić information content (AvgIpc) is 2.63. The van der Waals surface area contributed by atoms with Crippen molar-refractivity contribution < 1.29 is 9.47 Å². The molecule has 6 heteroatoms. The molecule has 1 heterocycles. The fourth-order valence-corrected chi connectivity index (χ4v) is 3.35. The van der Waals surface area contributed by atoms with Gasteiger partial charge in [0.15, 0.2) is 0 Å². The number of hydrogen-bond donors (Lipinski definition) is 1. The van der Waals surface area contributed by atoms with E-state index >= 15 is 0 Å². The maximum Gasteiger partial charge on any atom is 0.124 e. The number of ether oxygens (including phenoxy) is 2. The summed E-state index contributed by atoms with van der Waals surface area (Å²) in [4.78, 5) is 2.25. The highest BCUT2D eigenvalue weighted by Gasteiger charge is 2.14. The number of rotatable bonds is 6. The number of halogens is 2. The van der Waals surface area contributed by atoms with E-state index in [1.54, 1.807) is 0 Å². The third-order valence-corrected chi connectivity index (χ3v) is 4.64. The van der Waals surface area contributed by atoms with Gasteiger partial charge in [-0.25, -0.2) is 0 Å². The number of nitrogens with zero attached hydrogens (tertiary/aromatic N) is 1. The van der Waals surface area contributed by atoms with Gasteiger partial charge in [-0.3, -0.25) is 0 Å². The van der Waals surface area contributed by atoms with E-state index in [1.165, 1.54) is 0 Å². The largest absolute Gasteiger partial charge is 0.494 e. The molecule has 2 aromatic carbocycles. The van der Waals surface area contributed by atoms with Gasteiger partial charge in [0.25, 0.3) is 0 Å². The Hall–Kier alpha value is -1.62. The van der Waals surface area contributed by atoms with Crippen LogP contribution < -0.4 is 15.0 Å². The Morgan fingerprint density at radius 3 is 2.64 bits per heavy atom. The third-order valence-electron chi connectivity index (χ3n) is 4.10. The quantitative estimate of drug-likeness (QED) is 0.776. The smallest absolute Gasteiger partial charge is 0.124 e. The van der Waals surface area contributed by atoms with Gasteiger partial charge in [0.05, 0.1) is 30.5 Å². The van der Waals surface area contributed by atoms with E-state index in [2.05, 4.69) is 16.3 Å². The molecule has 134 valence electrons. The standard InChI is InChI=1S/C19H22Cl2N2O2/c1-2-25-19-6-3-15(20)11-14(19)13-22-16-4-5-18(17(21)12-16)23-7-9-24-10-8-23/h3-6,11-12,22H,2,7-10,13H2,1H3. The average molecular weight is 381 g/mol. The molecule has 0 bridgehead atoms. The number of morpholine rings is 1. The monoisotopic (exact) mass is 380 g/mol. The van der Waals surface area contributed by atoms with Gasteiger partial charge in [0.2, 0.25) is 0 Å². The molecule has 1 aliphatic rings. The van der Waals surface area contributed by atoms with Crippen LogP contribution in [0.3, 0.4) is 0 Å². The lowest BCUT2D eigenvalue weighted by molar-refractivity contribution is 0.122. The SMILES string of the molecule is CCOc1ccc(Cl)cc1CNc1ccc(N2CCOCC2)c(Cl)c1. The Kier molecular flexibility index (Phi) is 6.29. The van der Waals surface area contributed by atoms with E-state index in [0.717, 1.165) is 54.0 Å². The number of benzene rings is 2. The first-order chi connectivity index (χ1) is 12.2. The van der Waals surface area contributed by atoms with Crippen molar-refractivity contribution in [1.29, 1.82) is 0 Å². The lowest BCUT2D eigenvalue weighted by atomic mass is 10.2. The minimum atomic E-state index is 0.614. The molecule has 0 unspecified atom stereocenters. The van der Waals surface area contributed by atoms with Crippen LogP contribution in [0.2, 0.25) is 10.0 Å². The fourth-order valence-electron chi connectivity index (χ4n) is 2.86. The lowest BCUT2D eigenvalue weighted by Crippen LogP contribution is -2.36. The van der Waals surface area contributed by atoms with Gasteiger partial charge in [-0.1, -0.05) is 23.2 Å². The Labute approximate surface area is 158 Å². The van der Waals surface area contributed by atoms with Crippen LogP contribution in [0.1, 0.15) is 12.5 Å². The lowest BCUT2D eigenvalue weighted by Gasteiger charge is -2.29. The number of hydrogen-bond acceptors (Lipinski definition) is 4. The summed E-state index contributed by atoms with van der Waals surface area (Å²) >= 11 is 12.6. The fraction of sp³-hybridized carbons (Fsp3) is 0.368. The van der Waals surface area contributed by atoms with Crippen molar-refractivity contribution in [3.63, 3.8) is 0 Å². The zero-order valence-corrected chi connectivity index (χ0v) is 15.7.